The van der Waals surface area contributed by atoms with E-state index >= 15 is 0 Å². The van der Waals surface area contributed by atoms with E-state index in [0.717, 1.165) is 17.7 Å². The number of anilines is 1. The Morgan fingerprint density at radius 3 is 2.67 bits per heavy atom. The Bertz CT molecular complexity index is 537. The molecule has 0 aliphatic carbocycles. The van der Waals surface area contributed by atoms with Crippen molar-refractivity contribution in [2.24, 2.45) is 0 Å². The number of benzene rings is 1. The second kappa shape index (κ2) is 5.30. The van der Waals surface area contributed by atoms with Crippen LogP contribution in [0.3, 0.4) is 0 Å². The Balaban J connectivity index is 2.13. The molecule has 3 nitrogen and oxygen atoms in total. The van der Waals surface area contributed by atoms with Crippen molar-refractivity contribution in [2.45, 2.75) is 6.61 Å². The van der Waals surface area contributed by atoms with Crippen LogP contribution in [0.4, 0.5) is 14.6 Å². The van der Waals surface area contributed by atoms with Crippen molar-refractivity contribution in [3.05, 3.63) is 52.1 Å². The zero-order valence-corrected chi connectivity index (χ0v) is 10.7. The lowest BCUT2D eigenvalue weighted by Crippen LogP contribution is -2.00. The Morgan fingerprint density at radius 1 is 1.28 bits per heavy atom. The van der Waals surface area contributed by atoms with E-state index in [1.807, 2.05) is 0 Å². The minimum atomic E-state index is -0.759. The number of hydrogen-bond acceptors (Lipinski definition) is 3. The van der Waals surface area contributed by atoms with Gasteiger partial charge in [-0.05, 0) is 28.1 Å². The van der Waals surface area contributed by atoms with Crippen LogP contribution >= 0.6 is 15.9 Å². The number of rotatable bonds is 3. The van der Waals surface area contributed by atoms with Crippen LogP contribution in [-0.4, -0.2) is 4.98 Å². The molecule has 0 unspecified atom stereocenters. The molecule has 94 valence electrons. The fourth-order valence-corrected chi connectivity index (χ4v) is 1.87. The Kier molecular flexibility index (Phi) is 3.76. The summed E-state index contributed by atoms with van der Waals surface area (Å²) in [6.07, 6.45) is 1.53. The van der Waals surface area contributed by atoms with E-state index in [1.165, 1.54) is 6.20 Å². The molecular weight excluding hydrogens is 306 g/mol. The lowest BCUT2D eigenvalue weighted by Gasteiger charge is -2.09. The minimum Gasteiger partial charge on any atom is -0.485 e. The first kappa shape index (κ1) is 12.8. The molecule has 2 aromatic rings. The first-order valence-corrected chi connectivity index (χ1v) is 5.83. The summed E-state index contributed by atoms with van der Waals surface area (Å²) in [5.74, 6) is -1.06. The van der Waals surface area contributed by atoms with E-state index in [0.29, 0.717) is 5.82 Å². The molecule has 1 heterocycles. The number of nitrogen functional groups attached to an aromatic ring is 1. The molecule has 6 heteroatoms. The highest BCUT2D eigenvalue weighted by Crippen LogP contribution is 2.29. The molecular formula is C12H9BrF2N2O. The minimum absolute atomic E-state index is 0.0341. The lowest BCUT2D eigenvalue weighted by molar-refractivity contribution is 0.287. The highest BCUT2D eigenvalue weighted by atomic mass is 79.9. The third-order valence-corrected chi connectivity index (χ3v) is 2.78. The summed E-state index contributed by atoms with van der Waals surface area (Å²) in [7, 11) is 0. The summed E-state index contributed by atoms with van der Waals surface area (Å²) in [5, 5.41) is 0. The van der Waals surface area contributed by atoms with Crippen LogP contribution in [0.5, 0.6) is 5.75 Å². The zero-order valence-electron chi connectivity index (χ0n) is 9.16. The molecule has 1 aromatic heterocycles. The van der Waals surface area contributed by atoms with Gasteiger partial charge in [-0.15, -0.1) is 0 Å². The van der Waals surface area contributed by atoms with Gasteiger partial charge in [-0.3, -0.25) is 0 Å². The Morgan fingerprint density at radius 2 is 2.06 bits per heavy atom. The molecule has 0 spiro atoms. The van der Waals surface area contributed by atoms with Crippen molar-refractivity contribution in [3.8, 4) is 5.75 Å². The van der Waals surface area contributed by atoms with Crippen LogP contribution < -0.4 is 10.5 Å². The van der Waals surface area contributed by atoms with Gasteiger partial charge in [0.2, 0.25) is 0 Å². The molecule has 0 atom stereocenters. The van der Waals surface area contributed by atoms with Crippen LogP contribution in [0.25, 0.3) is 0 Å². The van der Waals surface area contributed by atoms with Crippen molar-refractivity contribution in [1.82, 2.24) is 4.98 Å². The number of halogens is 3. The molecule has 0 aliphatic heterocycles. The molecule has 0 amide bonds. The van der Waals surface area contributed by atoms with Crippen LogP contribution in [0.1, 0.15) is 5.56 Å². The van der Waals surface area contributed by atoms with Crippen molar-refractivity contribution >= 4 is 21.7 Å². The van der Waals surface area contributed by atoms with E-state index in [4.69, 9.17) is 10.5 Å². The molecule has 2 rings (SSSR count). The normalized spacial score (nSPS) is 10.4. The molecule has 0 fully saturated rings. The molecule has 0 aliphatic rings. The molecule has 0 radical (unpaired) electrons. The maximum absolute atomic E-state index is 13.4. The summed E-state index contributed by atoms with van der Waals surface area (Å²) in [6, 6.07) is 5.24. The maximum Gasteiger partial charge on any atom is 0.169 e. The third kappa shape index (κ3) is 2.95. The van der Waals surface area contributed by atoms with Crippen LogP contribution in [0.2, 0.25) is 0 Å². The van der Waals surface area contributed by atoms with Gasteiger partial charge in [0.25, 0.3) is 0 Å². The average Bonchev–Trinajstić information content (AvgIpc) is 2.30. The van der Waals surface area contributed by atoms with Gasteiger partial charge in [-0.25, -0.2) is 13.8 Å². The van der Waals surface area contributed by atoms with Crippen LogP contribution in [0, 0.1) is 11.6 Å². The summed E-state index contributed by atoms with van der Waals surface area (Å²) in [6.45, 7) is 0.119. The van der Waals surface area contributed by atoms with E-state index in [2.05, 4.69) is 20.9 Å². The lowest BCUT2D eigenvalue weighted by atomic mass is 10.3. The highest BCUT2D eigenvalue weighted by Gasteiger charge is 2.11. The summed E-state index contributed by atoms with van der Waals surface area (Å²) in [5.41, 5.74) is 6.17. The van der Waals surface area contributed by atoms with Gasteiger partial charge >= 0.3 is 0 Å². The van der Waals surface area contributed by atoms with Crippen LogP contribution in [0.15, 0.2) is 34.9 Å². The number of ether oxygens (including phenoxy) is 1. The standard InChI is InChI=1S/C12H9BrF2N2O/c13-9-3-8(14)4-10(15)12(9)18-6-7-1-2-11(16)17-5-7/h1-5H,6H2,(H2,16,17). The third-order valence-electron chi connectivity index (χ3n) is 2.19. The Labute approximate surface area is 111 Å². The largest absolute Gasteiger partial charge is 0.485 e. The van der Waals surface area contributed by atoms with Crippen molar-refractivity contribution in [1.29, 1.82) is 0 Å². The van der Waals surface area contributed by atoms with Gasteiger partial charge < -0.3 is 10.5 Å². The second-order valence-corrected chi connectivity index (χ2v) is 4.43. The summed E-state index contributed by atoms with van der Waals surface area (Å²) < 4.78 is 31.8. The molecule has 2 N–H and O–H groups in total. The fraction of sp³-hybridized carbons (Fsp3) is 0.0833. The number of aromatic nitrogens is 1. The molecule has 18 heavy (non-hydrogen) atoms. The van der Waals surface area contributed by atoms with Gasteiger partial charge in [0, 0.05) is 17.8 Å². The zero-order chi connectivity index (χ0) is 13.1. The van der Waals surface area contributed by atoms with Gasteiger partial charge in [-0.1, -0.05) is 6.07 Å². The number of pyridine rings is 1. The molecule has 0 bridgehead atoms. The number of hydrogen-bond donors (Lipinski definition) is 1. The molecule has 0 saturated heterocycles. The molecule has 0 saturated carbocycles. The van der Waals surface area contributed by atoms with Crippen molar-refractivity contribution in [2.75, 3.05) is 5.73 Å². The Hall–Kier alpha value is -1.69. The average molecular weight is 315 g/mol. The van der Waals surface area contributed by atoms with Gasteiger partial charge in [-0.2, -0.15) is 0 Å². The smallest absolute Gasteiger partial charge is 0.169 e. The van der Waals surface area contributed by atoms with Crippen molar-refractivity contribution < 1.29 is 13.5 Å². The van der Waals surface area contributed by atoms with Gasteiger partial charge in [0.1, 0.15) is 18.2 Å². The van der Waals surface area contributed by atoms with Gasteiger partial charge in [0.15, 0.2) is 11.6 Å². The number of nitrogens with zero attached hydrogens (tertiary/aromatic N) is 1. The predicted molar refractivity (Wildman–Crippen MR) is 67.0 cm³/mol. The fourth-order valence-electron chi connectivity index (χ4n) is 1.34. The first-order chi connectivity index (χ1) is 8.56. The monoisotopic (exact) mass is 314 g/mol. The molecule has 1 aromatic carbocycles. The second-order valence-electron chi connectivity index (χ2n) is 3.58. The van der Waals surface area contributed by atoms with Crippen LogP contribution in [-0.2, 0) is 6.61 Å². The van der Waals surface area contributed by atoms with E-state index in [9.17, 15) is 8.78 Å². The maximum atomic E-state index is 13.4. The quantitative estimate of drug-likeness (QED) is 0.945. The topological polar surface area (TPSA) is 48.1 Å². The predicted octanol–water partition coefficient (Wildman–Crippen LogP) is 3.28. The van der Waals surface area contributed by atoms with Gasteiger partial charge in [0.05, 0.1) is 4.47 Å². The number of nitrogens with two attached hydrogens (primary N) is 1. The van der Waals surface area contributed by atoms with E-state index in [-0.39, 0.29) is 16.8 Å². The summed E-state index contributed by atoms with van der Waals surface area (Å²) in [4.78, 5) is 3.88. The first-order valence-electron chi connectivity index (χ1n) is 5.04. The highest BCUT2D eigenvalue weighted by molar-refractivity contribution is 9.10. The van der Waals surface area contributed by atoms with E-state index < -0.39 is 11.6 Å². The van der Waals surface area contributed by atoms with E-state index in [1.54, 1.807) is 12.1 Å². The van der Waals surface area contributed by atoms with Crippen molar-refractivity contribution in [3.63, 3.8) is 0 Å². The SMILES string of the molecule is Nc1ccc(COc2c(F)cc(F)cc2Br)cn1. The summed E-state index contributed by atoms with van der Waals surface area (Å²) >= 11 is 3.04.